The minimum absolute atomic E-state index is 0.270. The van der Waals surface area contributed by atoms with Gasteiger partial charge in [0.15, 0.2) is 17.5 Å². The van der Waals surface area contributed by atoms with E-state index in [0.29, 0.717) is 25.3 Å². The number of rotatable bonds is 8. The van der Waals surface area contributed by atoms with Crippen molar-refractivity contribution in [1.29, 1.82) is 0 Å². The second-order valence-corrected chi connectivity index (χ2v) is 4.54. The summed E-state index contributed by atoms with van der Waals surface area (Å²) in [5.74, 6) is -3.02. The largest absolute Gasteiger partial charge is 0.467 e. The SMILES string of the molecule is Fc1cc(CNCCCOCc2ccco2)cc(F)c1F. The molecule has 0 aliphatic heterocycles. The zero-order valence-electron chi connectivity index (χ0n) is 11.4. The predicted molar refractivity (Wildman–Crippen MR) is 71.0 cm³/mol. The topological polar surface area (TPSA) is 34.4 Å². The van der Waals surface area contributed by atoms with E-state index >= 15 is 0 Å². The van der Waals surface area contributed by atoms with E-state index < -0.39 is 17.5 Å². The Kier molecular flexibility index (Phi) is 5.83. The fourth-order valence-corrected chi connectivity index (χ4v) is 1.81. The van der Waals surface area contributed by atoms with Gasteiger partial charge in [-0.3, -0.25) is 0 Å². The van der Waals surface area contributed by atoms with Gasteiger partial charge in [-0.15, -0.1) is 0 Å². The molecule has 0 amide bonds. The van der Waals surface area contributed by atoms with Crippen LogP contribution in [0, 0.1) is 17.5 Å². The Balaban J connectivity index is 1.59. The van der Waals surface area contributed by atoms with Crippen LogP contribution in [0.25, 0.3) is 0 Å². The molecule has 0 unspecified atom stereocenters. The fourth-order valence-electron chi connectivity index (χ4n) is 1.81. The van der Waals surface area contributed by atoms with E-state index in [0.717, 1.165) is 24.3 Å². The van der Waals surface area contributed by atoms with Crippen LogP contribution >= 0.6 is 0 Å². The molecule has 0 spiro atoms. The van der Waals surface area contributed by atoms with Crippen molar-refractivity contribution < 1.29 is 22.3 Å². The maximum absolute atomic E-state index is 13.0. The molecule has 2 aromatic rings. The third-order valence-electron chi connectivity index (χ3n) is 2.84. The highest BCUT2D eigenvalue weighted by Gasteiger charge is 2.09. The lowest BCUT2D eigenvalue weighted by Crippen LogP contribution is -2.16. The second kappa shape index (κ2) is 7.85. The summed E-state index contributed by atoms with van der Waals surface area (Å²) in [5, 5.41) is 3.01. The molecular formula is C15H16F3NO2. The van der Waals surface area contributed by atoms with Crippen molar-refractivity contribution in [3.63, 3.8) is 0 Å². The molecule has 1 aromatic carbocycles. The summed E-state index contributed by atoms with van der Waals surface area (Å²) in [6, 6.07) is 5.59. The van der Waals surface area contributed by atoms with E-state index in [-0.39, 0.29) is 6.54 Å². The molecular weight excluding hydrogens is 283 g/mol. The number of furan rings is 1. The molecule has 3 nitrogen and oxygen atoms in total. The quantitative estimate of drug-likeness (QED) is 0.599. The molecule has 114 valence electrons. The molecule has 0 saturated heterocycles. The van der Waals surface area contributed by atoms with Crippen LogP contribution in [0.1, 0.15) is 17.7 Å². The summed E-state index contributed by atoms with van der Waals surface area (Å²) in [4.78, 5) is 0. The van der Waals surface area contributed by atoms with Gasteiger partial charge in [-0.05, 0) is 42.8 Å². The monoisotopic (exact) mass is 299 g/mol. The van der Waals surface area contributed by atoms with Gasteiger partial charge in [-0.25, -0.2) is 13.2 Å². The molecule has 0 radical (unpaired) electrons. The van der Waals surface area contributed by atoms with Crippen molar-refractivity contribution in [1.82, 2.24) is 5.32 Å². The standard InChI is InChI=1S/C15H16F3NO2/c16-13-7-11(8-14(17)15(13)18)9-19-4-2-5-20-10-12-3-1-6-21-12/h1,3,6-8,19H,2,4-5,9-10H2. The van der Waals surface area contributed by atoms with Crippen LogP contribution in [0.15, 0.2) is 34.9 Å². The molecule has 0 bridgehead atoms. The van der Waals surface area contributed by atoms with Crippen molar-refractivity contribution in [2.45, 2.75) is 19.6 Å². The highest BCUT2D eigenvalue weighted by molar-refractivity contribution is 5.19. The van der Waals surface area contributed by atoms with E-state index in [4.69, 9.17) is 9.15 Å². The minimum Gasteiger partial charge on any atom is -0.467 e. The van der Waals surface area contributed by atoms with Crippen LogP contribution in [0.5, 0.6) is 0 Å². The summed E-state index contributed by atoms with van der Waals surface area (Å²) in [6.07, 6.45) is 2.33. The Labute approximate surface area is 120 Å². The Hall–Kier alpha value is -1.79. The zero-order chi connectivity index (χ0) is 15.1. The van der Waals surface area contributed by atoms with E-state index in [2.05, 4.69) is 5.32 Å². The first kappa shape index (κ1) is 15.6. The lowest BCUT2D eigenvalue weighted by atomic mass is 10.2. The number of ether oxygens (including phenoxy) is 1. The lowest BCUT2D eigenvalue weighted by molar-refractivity contribution is 0.104. The Morgan fingerprint density at radius 2 is 1.90 bits per heavy atom. The van der Waals surface area contributed by atoms with Gasteiger partial charge in [0.25, 0.3) is 0 Å². The maximum Gasteiger partial charge on any atom is 0.194 e. The molecule has 0 aliphatic carbocycles. The highest BCUT2D eigenvalue weighted by atomic mass is 19.2. The number of hydrogen-bond donors (Lipinski definition) is 1. The predicted octanol–water partition coefficient (Wildman–Crippen LogP) is 3.39. The summed E-state index contributed by atoms with van der Waals surface area (Å²) in [7, 11) is 0. The third-order valence-corrected chi connectivity index (χ3v) is 2.84. The van der Waals surface area contributed by atoms with Crippen LogP contribution in [0.2, 0.25) is 0 Å². The summed E-state index contributed by atoms with van der Waals surface area (Å²) in [5.41, 5.74) is 0.364. The Morgan fingerprint density at radius 1 is 1.14 bits per heavy atom. The fraction of sp³-hybridized carbons (Fsp3) is 0.333. The second-order valence-electron chi connectivity index (χ2n) is 4.54. The van der Waals surface area contributed by atoms with Crippen LogP contribution in [-0.2, 0) is 17.9 Å². The molecule has 6 heteroatoms. The summed E-state index contributed by atoms with van der Waals surface area (Å²) in [6.45, 7) is 1.85. The van der Waals surface area contributed by atoms with Crippen molar-refractivity contribution in [2.24, 2.45) is 0 Å². The van der Waals surface area contributed by atoms with Crippen LogP contribution in [-0.4, -0.2) is 13.2 Å². The lowest BCUT2D eigenvalue weighted by Gasteiger charge is -2.06. The van der Waals surface area contributed by atoms with E-state index in [1.165, 1.54) is 0 Å². The van der Waals surface area contributed by atoms with Gasteiger partial charge < -0.3 is 14.5 Å². The maximum atomic E-state index is 13.0. The molecule has 2 rings (SSSR count). The van der Waals surface area contributed by atoms with Crippen LogP contribution in [0.4, 0.5) is 13.2 Å². The Bertz CT molecular complexity index is 535. The van der Waals surface area contributed by atoms with Crippen molar-refractivity contribution >= 4 is 0 Å². The van der Waals surface area contributed by atoms with Crippen LogP contribution in [0.3, 0.4) is 0 Å². The molecule has 1 aromatic heterocycles. The third kappa shape index (κ3) is 4.91. The number of hydrogen-bond acceptors (Lipinski definition) is 3. The average molecular weight is 299 g/mol. The van der Waals surface area contributed by atoms with Gasteiger partial charge in [0.2, 0.25) is 0 Å². The van der Waals surface area contributed by atoms with Gasteiger partial charge in [0.05, 0.1) is 6.26 Å². The van der Waals surface area contributed by atoms with Gasteiger partial charge in [-0.1, -0.05) is 0 Å². The number of nitrogens with one attached hydrogen (secondary N) is 1. The molecule has 1 heterocycles. The Morgan fingerprint density at radius 3 is 2.57 bits per heavy atom. The molecule has 1 N–H and O–H groups in total. The first-order valence-electron chi connectivity index (χ1n) is 6.61. The first-order valence-corrected chi connectivity index (χ1v) is 6.61. The van der Waals surface area contributed by atoms with Crippen molar-refractivity contribution in [3.05, 3.63) is 59.3 Å². The first-order chi connectivity index (χ1) is 10.2. The number of halogens is 3. The van der Waals surface area contributed by atoms with Gasteiger partial charge in [-0.2, -0.15) is 0 Å². The van der Waals surface area contributed by atoms with E-state index in [9.17, 15) is 13.2 Å². The van der Waals surface area contributed by atoms with E-state index in [1.54, 1.807) is 12.3 Å². The molecule has 0 atom stereocenters. The van der Waals surface area contributed by atoms with Crippen molar-refractivity contribution in [2.75, 3.05) is 13.2 Å². The van der Waals surface area contributed by atoms with Gasteiger partial charge >= 0.3 is 0 Å². The molecule has 0 saturated carbocycles. The zero-order valence-corrected chi connectivity index (χ0v) is 11.4. The van der Waals surface area contributed by atoms with E-state index in [1.807, 2.05) is 6.07 Å². The smallest absolute Gasteiger partial charge is 0.194 e. The highest BCUT2D eigenvalue weighted by Crippen LogP contribution is 2.13. The molecule has 0 fully saturated rings. The molecule has 0 aliphatic rings. The summed E-state index contributed by atoms with van der Waals surface area (Å²) >= 11 is 0. The summed E-state index contributed by atoms with van der Waals surface area (Å²) < 4.78 is 49.2. The molecule has 21 heavy (non-hydrogen) atoms. The normalized spacial score (nSPS) is 11.0. The van der Waals surface area contributed by atoms with Crippen molar-refractivity contribution in [3.8, 4) is 0 Å². The average Bonchev–Trinajstić information content (AvgIpc) is 2.97. The van der Waals surface area contributed by atoms with Gasteiger partial charge in [0.1, 0.15) is 12.4 Å². The minimum atomic E-state index is -1.44. The number of benzene rings is 1. The van der Waals surface area contributed by atoms with Gasteiger partial charge in [0, 0.05) is 13.2 Å². The van der Waals surface area contributed by atoms with Crippen LogP contribution < -0.4 is 5.32 Å².